The smallest absolute Gasteiger partial charge is 0.139 e. The summed E-state index contributed by atoms with van der Waals surface area (Å²) in [6.07, 6.45) is 6.78. The second-order valence-corrected chi connectivity index (χ2v) is 8.41. The van der Waals surface area contributed by atoms with Gasteiger partial charge in [0.15, 0.2) is 0 Å². The molecule has 0 radical (unpaired) electrons. The van der Waals surface area contributed by atoms with Crippen molar-refractivity contribution in [3.05, 3.63) is 41.0 Å². The molecule has 0 spiro atoms. The Morgan fingerprint density at radius 1 is 1.12 bits per heavy atom. The highest BCUT2D eigenvalue weighted by Crippen LogP contribution is 2.57. The summed E-state index contributed by atoms with van der Waals surface area (Å²) in [5.41, 5.74) is 6.04. The molecule has 4 rings (SSSR count). The normalized spacial score (nSPS) is 34.5. The lowest BCUT2D eigenvalue weighted by atomic mass is 9.57. The SMILES string of the molecule is CCC(=O)[C@@H]1C[C@H]2C[C@H](C)C[C@@H](CC)C2C2=C1Cc1ccccc12. The van der Waals surface area contributed by atoms with Crippen LogP contribution in [-0.4, -0.2) is 5.78 Å². The molecule has 1 heteroatoms. The van der Waals surface area contributed by atoms with Crippen molar-refractivity contribution in [1.82, 2.24) is 0 Å². The quantitative estimate of drug-likeness (QED) is 0.699. The molecule has 0 bridgehead atoms. The van der Waals surface area contributed by atoms with Gasteiger partial charge in [-0.1, -0.05) is 57.0 Å². The van der Waals surface area contributed by atoms with E-state index in [1.165, 1.54) is 36.0 Å². The maximum atomic E-state index is 12.7. The summed E-state index contributed by atoms with van der Waals surface area (Å²) in [5, 5.41) is 0. The zero-order valence-electron chi connectivity index (χ0n) is 15.3. The molecular formula is C23H30O. The maximum absolute atomic E-state index is 12.7. The van der Waals surface area contributed by atoms with Crippen LogP contribution in [0.4, 0.5) is 0 Å². The summed E-state index contributed by atoms with van der Waals surface area (Å²) in [4.78, 5) is 12.7. The number of carbonyl (C=O) groups is 1. The molecular weight excluding hydrogens is 292 g/mol. The van der Waals surface area contributed by atoms with Crippen LogP contribution in [0.25, 0.3) is 5.57 Å². The van der Waals surface area contributed by atoms with Crippen LogP contribution < -0.4 is 0 Å². The average molecular weight is 322 g/mol. The Labute approximate surface area is 146 Å². The van der Waals surface area contributed by atoms with Crippen molar-refractivity contribution >= 4 is 11.4 Å². The number of Topliss-reactive ketones (excluding diaryl/α,β-unsaturated/α-hetero) is 1. The Morgan fingerprint density at radius 3 is 2.67 bits per heavy atom. The van der Waals surface area contributed by atoms with E-state index in [4.69, 9.17) is 0 Å². The Hall–Kier alpha value is -1.37. The molecule has 0 aromatic heterocycles. The molecule has 3 aliphatic carbocycles. The fourth-order valence-corrected chi connectivity index (χ4v) is 6.08. The van der Waals surface area contributed by atoms with E-state index in [9.17, 15) is 4.79 Å². The number of fused-ring (bicyclic) bond motifs is 4. The molecule has 128 valence electrons. The summed E-state index contributed by atoms with van der Waals surface area (Å²) in [6.45, 7) is 6.82. The van der Waals surface area contributed by atoms with Crippen LogP contribution in [0.5, 0.6) is 0 Å². The van der Waals surface area contributed by atoms with E-state index in [1.54, 1.807) is 5.57 Å². The van der Waals surface area contributed by atoms with Crippen molar-refractivity contribution in [2.45, 2.75) is 59.3 Å². The van der Waals surface area contributed by atoms with Gasteiger partial charge >= 0.3 is 0 Å². The van der Waals surface area contributed by atoms with Crippen molar-refractivity contribution in [2.24, 2.45) is 29.6 Å². The van der Waals surface area contributed by atoms with Gasteiger partial charge in [0.1, 0.15) is 5.78 Å². The second-order valence-electron chi connectivity index (χ2n) is 8.41. The lowest BCUT2D eigenvalue weighted by Crippen LogP contribution is -2.38. The monoisotopic (exact) mass is 322 g/mol. The van der Waals surface area contributed by atoms with Crippen LogP contribution >= 0.6 is 0 Å². The molecule has 1 fully saturated rings. The summed E-state index contributed by atoms with van der Waals surface area (Å²) in [6, 6.07) is 8.94. The number of ketones is 1. The number of hydrogen-bond acceptors (Lipinski definition) is 1. The number of allylic oxidation sites excluding steroid dienone is 2. The topological polar surface area (TPSA) is 17.1 Å². The Balaban J connectivity index is 1.84. The molecule has 5 atom stereocenters. The van der Waals surface area contributed by atoms with Crippen LogP contribution in [0, 0.1) is 29.6 Å². The van der Waals surface area contributed by atoms with Crippen LogP contribution in [0.2, 0.25) is 0 Å². The van der Waals surface area contributed by atoms with Crippen molar-refractivity contribution in [2.75, 3.05) is 0 Å². The van der Waals surface area contributed by atoms with Gasteiger partial charge in [0.25, 0.3) is 0 Å². The fourth-order valence-electron chi connectivity index (χ4n) is 6.08. The highest BCUT2D eigenvalue weighted by Gasteiger charge is 2.47. The molecule has 1 unspecified atom stereocenters. The summed E-state index contributed by atoms with van der Waals surface area (Å²) >= 11 is 0. The van der Waals surface area contributed by atoms with Crippen LogP contribution in [0.1, 0.15) is 64.0 Å². The Bertz CT molecular complexity index is 683. The van der Waals surface area contributed by atoms with Gasteiger partial charge in [-0.3, -0.25) is 4.79 Å². The molecule has 1 saturated carbocycles. The first-order valence-electron chi connectivity index (χ1n) is 9.97. The first kappa shape index (κ1) is 16.1. The minimum atomic E-state index is 0.196. The third-order valence-electron chi connectivity index (χ3n) is 7.01. The van der Waals surface area contributed by atoms with Gasteiger partial charge in [-0.15, -0.1) is 0 Å². The van der Waals surface area contributed by atoms with Crippen molar-refractivity contribution in [3.63, 3.8) is 0 Å². The van der Waals surface area contributed by atoms with Crippen LogP contribution in [0.15, 0.2) is 29.8 Å². The first-order valence-corrected chi connectivity index (χ1v) is 9.97. The zero-order chi connectivity index (χ0) is 16.8. The van der Waals surface area contributed by atoms with E-state index in [1.807, 2.05) is 6.92 Å². The molecule has 24 heavy (non-hydrogen) atoms. The van der Waals surface area contributed by atoms with Gasteiger partial charge in [-0.2, -0.15) is 0 Å². The fraction of sp³-hybridized carbons (Fsp3) is 0.609. The molecule has 3 aliphatic rings. The summed E-state index contributed by atoms with van der Waals surface area (Å²) in [7, 11) is 0. The highest BCUT2D eigenvalue weighted by atomic mass is 16.1. The average Bonchev–Trinajstić information content (AvgIpc) is 2.98. The number of rotatable bonds is 3. The standard InChI is InChI=1S/C23H30O/c1-4-15-10-14(3)11-17-13-19(21(24)5-2)20-12-16-8-6-7-9-18(16)23(20)22(15)17/h6-9,14-15,17,19,22H,4-5,10-13H2,1-3H3/t14-,15-,17-,19-,22?/m1/s1. The first-order chi connectivity index (χ1) is 11.6. The lowest BCUT2D eigenvalue weighted by Gasteiger charge is -2.47. The van der Waals surface area contributed by atoms with E-state index < -0.39 is 0 Å². The van der Waals surface area contributed by atoms with Gasteiger partial charge in [0.05, 0.1) is 0 Å². The molecule has 1 nitrogen and oxygen atoms in total. The summed E-state index contributed by atoms with van der Waals surface area (Å²) in [5.74, 6) is 3.69. The molecule has 0 aliphatic heterocycles. The van der Waals surface area contributed by atoms with Crippen molar-refractivity contribution < 1.29 is 4.79 Å². The van der Waals surface area contributed by atoms with Gasteiger partial charge in [-0.05, 0) is 66.1 Å². The van der Waals surface area contributed by atoms with E-state index >= 15 is 0 Å². The lowest BCUT2D eigenvalue weighted by molar-refractivity contribution is -0.122. The van der Waals surface area contributed by atoms with E-state index in [-0.39, 0.29) is 5.92 Å². The van der Waals surface area contributed by atoms with Gasteiger partial charge in [0, 0.05) is 12.3 Å². The van der Waals surface area contributed by atoms with E-state index in [0.29, 0.717) is 24.0 Å². The Kier molecular flexibility index (Phi) is 4.14. The zero-order valence-corrected chi connectivity index (χ0v) is 15.3. The highest BCUT2D eigenvalue weighted by molar-refractivity contribution is 5.90. The molecule has 0 N–H and O–H groups in total. The van der Waals surface area contributed by atoms with Crippen LogP contribution in [-0.2, 0) is 11.2 Å². The largest absolute Gasteiger partial charge is 0.299 e. The number of carbonyl (C=O) groups excluding carboxylic acids is 1. The molecule has 0 saturated heterocycles. The van der Waals surface area contributed by atoms with E-state index in [0.717, 1.165) is 24.7 Å². The number of benzene rings is 1. The number of hydrogen-bond donors (Lipinski definition) is 0. The maximum Gasteiger partial charge on any atom is 0.139 e. The Morgan fingerprint density at radius 2 is 1.92 bits per heavy atom. The van der Waals surface area contributed by atoms with Gasteiger partial charge in [-0.25, -0.2) is 0 Å². The summed E-state index contributed by atoms with van der Waals surface area (Å²) < 4.78 is 0. The van der Waals surface area contributed by atoms with Gasteiger partial charge < -0.3 is 0 Å². The molecule has 0 amide bonds. The minimum absolute atomic E-state index is 0.196. The minimum Gasteiger partial charge on any atom is -0.299 e. The molecule has 1 aromatic carbocycles. The molecule has 1 aromatic rings. The van der Waals surface area contributed by atoms with E-state index in [2.05, 4.69) is 38.1 Å². The predicted octanol–water partition coefficient (Wildman–Crippen LogP) is 5.68. The third kappa shape index (κ3) is 2.39. The predicted molar refractivity (Wildman–Crippen MR) is 99.6 cm³/mol. The van der Waals surface area contributed by atoms with Crippen LogP contribution in [0.3, 0.4) is 0 Å². The van der Waals surface area contributed by atoms with Crippen molar-refractivity contribution in [3.8, 4) is 0 Å². The molecule has 0 heterocycles. The van der Waals surface area contributed by atoms with Crippen molar-refractivity contribution in [1.29, 1.82) is 0 Å². The third-order valence-corrected chi connectivity index (χ3v) is 7.01. The van der Waals surface area contributed by atoms with Gasteiger partial charge in [0.2, 0.25) is 0 Å². The second kappa shape index (κ2) is 6.17.